The van der Waals surface area contributed by atoms with Gasteiger partial charge in [0.2, 0.25) is 0 Å². The third-order valence-electron chi connectivity index (χ3n) is 3.08. The predicted octanol–water partition coefficient (Wildman–Crippen LogP) is 1.72. The number of aromatic carboxylic acids is 1. The topological polar surface area (TPSA) is 49.8 Å². The fourth-order valence-corrected chi connectivity index (χ4v) is 2.07. The molecule has 1 aromatic carbocycles. The maximum Gasteiger partial charge on any atom is 0.335 e. The molecule has 2 rings (SSSR count). The second-order valence-electron chi connectivity index (χ2n) is 4.56. The van der Waals surface area contributed by atoms with Crippen molar-refractivity contribution in [2.75, 3.05) is 26.7 Å². The zero-order valence-electron chi connectivity index (χ0n) is 9.93. The lowest BCUT2D eigenvalue weighted by Gasteiger charge is -2.12. The molecule has 4 heteroatoms. The van der Waals surface area contributed by atoms with Gasteiger partial charge in [0.25, 0.3) is 0 Å². The molecule has 0 bridgehead atoms. The molecule has 1 aliphatic heterocycles. The number of carboxylic acids is 1. The van der Waals surface area contributed by atoms with E-state index in [-0.39, 0.29) is 5.56 Å². The van der Waals surface area contributed by atoms with Gasteiger partial charge in [0.05, 0.1) is 12.2 Å². The van der Waals surface area contributed by atoms with Gasteiger partial charge in [-0.3, -0.25) is 0 Å². The number of likely N-dealkylation sites (tertiary alicyclic amines) is 1. The molecule has 1 atom stereocenters. The summed E-state index contributed by atoms with van der Waals surface area (Å²) in [7, 11) is 2.11. The lowest BCUT2D eigenvalue weighted by Crippen LogP contribution is -2.17. The Kier molecular flexibility index (Phi) is 3.64. The predicted molar refractivity (Wildman–Crippen MR) is 64.5 cm³/mol. The number of hydrogen-bond donors (Lipinski definition) is 1. The second kappa shape index (κ2) is 5.19. The zero-order chi connectivity index (χ0) is 12.3. The van der Waals surface area contributed by atoms with Gasteiger partial charge >= 0.3 is 5.97 Å². The Balaban J connectivity index is 1.85. The van der Waals surface area contributed by atoms with E-state index < -0.39 is 5.97 Å². The van der Waals surface area contributed by atoms with Crippen molar-refractivity contribution in [2.45, 2.75) is 6.42 Å². The minimum absolute atomic E-state index is 0.290. The summed E-state index contributed by atoms with van der Waals surface area (Å²) in [5.41, 5.74) is 0.290. The van der Waals surface area contributed by atoms with Crippen molar-refractivity contribution in [1.29, 1.82) is 0 Å². The molecule has 0 radical (unpaired) electrons. The van der Waals surface area contributed by atoms with Crippen molar-refractivity contribution in [3.63, 3.8) is 0 Å². The van der Waals surface area contributed by atoms with E-state index in [0.717, 1.165) is 18.8 Å². The van der Waals surface area contributed by atoms with Gasteiger partial charge in [0.1, 0.15) is 5.75 Å². The van der Waals surface area contributed by atoms with Crippen LogP contribution in [0.15, 0.2) is 24.3 Å². The molecule has 17 heavy (non-hydrogen) atoms. The Hall–Kier alpha value is -1.55. The first-order valence-corrected chi connectivity index (χ1v) is 5.80. The van der Waals surface area contributed by atoms with Crippen LogP contribution >= 0.6 is 0 Å². The summed E-state index contributed by atoms with van der Waals surface area (Å²) in [6.45, 7) is 2.91. The molecule has 1 aliphatic rings. The number of hydrogen-bond acceptors (Lipinski definition) is 3. The number of ether oxygens (including phenoxy) is 1. The molecular weight excluding hydrogens is 218 g/mol. The average Bonchev–Trinajstić information content (AvgIpc) is 2.73. The molecule has 0 amide bonds. The van der Waals surface area contributed by atoms with Crippen LogP contribution in [0, 0.1) is 5.92 Å². The highest BCUT2D eigenvalue weighted by Gasteiger charge is 2.19. The monoisotopic (exact) mass is 235 g/mol. The van der Waals surface area contributed by atoms with Crippen molar-refractivity contribution in [1.82, 2.24) is 4.90 Å². The third kappa shape index (κ3) is 3.20. The summed E-state index contributed by atoms with van der Waals surface area (Å²) in [4.78, 5) is 13.0. The van der Waals surface area contributed by atoms with Crippen LogP contribution in [0.1, 0.15) is 16.8 Å². The summed E-state index contributed by atoms with van der Waals surface area (Å²) in [6.07, 6.45) is 1.17. The van der Waals surface area contributed by atoms with Gasteiger partial charge in [-0.1, -0.05) is 0 Å². The number of carbonyl (C=O) groups is 1. The maximum absolute atomic E-state index is 10.7. The molecular formula is C13H17NO3. The van der Waals surface area contributed by atoms with Gasteiger partial charge in [-0.25, -0.2) is 4.79 Å². The maximum atomic E-state index is 10.7. The minimum atomic E-state index is -0.908. The molecule has 1 heterocycles. The molecule has 1 saturated heterocycles. The van der Waals surface area contributed by atoms with E-state index in [1.165, 1.54) is 6.42 Å². The second-order valence-corrected chi connectivity index (χ2v) is 4.56. The summed E-state index contributed by atoms with van der Waals surface area (Å²) >= 11 is 0. The highest BCUT2D eigenvalue weighted by molar-refractivity contribution is 5.87. The van der Waals surface area contributed by atoms with Crippen molar-refractivity contribution in [3.8, 4) is 5.75 Å². The normalized spacial score (nSPS) is 20.4. The van der Waals surface area contributed by atoms with E-state index >= 15 is 0 Å². The highest BCUT2D eigenvalue weighted by atomic mass is 16.5. The Morgan fingerprint density at radius 3 is 2.71 bits per heavy atom. The van der Waals surface area contributed by atoms with Gasteiger partial charge in [-0.05, 0) is 44.3 Å². The van der Waals surface area contributed by atoms with Crippen LogP contribution in [-0.2, 0) is 0 Å². The molecule has 92 valence electrons. The summed E-state index contributed by atoms with van der Waals surface area (Å²) in [5, 5.41) is 8.76. The number of benzene rings is 1. The molecule has 0 spiro atoms. The first kappa shape index (κ1) is 11.9. The van der Waals surface area contributed by atoms with Crippen LogP contribution < -0.4 is 4.74 Å². The van der Waals surface area contributed by atoms with E-state index in [2.05, 4.69) is 11.9 Å². The minimum Gasteiger partial charge on any atom is -0.493 e. The molecule has 1 fully saturated rings. The van der Waals surface area contributed by atoms with Crippen molar-refractivity contribution < 1.29 is 14.6 Å². The van der Waals surface area contributed by atoms with Crippen LogP contribution in [0.2, 0.25) is 0 Å². The van der Waals surface area contributed by atoms with Crippen molar-refractivity contribution >= 4 is 5.97 Å². The molecule has 0 aliphatic carbocycles. The number of nitrogens with zero attached hydrogens (tertiary/aromatic N) is 1. The lowest BCUT2D eigenvalue weighted by molar-refractivity contribution is 0.0697. The Morgan fingerprint density at radius 2 is 2.18 bits per heavy atom. The largest absolute Gasteiger partial charge is 0.493 e. The Bertz CT molecular complexity index is 388. The zero-order valence-corrected chi connectivity index (χ0v) is 9.93. The van der Waals surface area contributed by atoms with Crippen LogP contribution in [0.4, 0.5) is 0 Å². The lowest BCUT2D eigenvalue weighted by atomic mass is 10.1. The molecule has 4 nitrogen and oxygen atoms in total. The Labute approximate surface area is 101 Å². The molecule has 1 unspecified atom stereocenters. The van der Waals surface area contributed by atoms with E-state index in [1.807, 2.05) is 0 Å². The molecule has 1 N–H and O–H groups in total. The highest BCUT2D eigenvalue weighted by Crippen LogP contribution is 2.18. The fraction of sp³-hybridized carbons (Fsp3) is 0.462. The third-order valence-corrected chi connectivity index (χ3v) is 3.08. The van der Waals surface area contributed by atoms with Crippen LogP contribution in [0.25, 0.3) is 0 Å². The summed E-state index contributed by atoms with van der Waals surface area (Å²) in [6, 6.07) is 6.56. The number of carboxylic acid groups (broad SMARTS) is 1. The quantitative estimate of drug-likeness (QED) is 0.863. The first-order chi connectivity index (χ1) is 8.15. The van der Waals surface area contributed by atoms with Gasteiger partial charge in [0, 0.05) is 12.5 Å². The average molecular weight is 235 g/mol. The van der Waals surface area contributed by atoms with E-state index in [4.69, 9.17) is 9.84 Å². The fourth-order valence-electron chi connectivity index (χ4n) is 2.07. The van der Waals surface area contributed by atoms with E-state index in [1.54, 1.807) is 24.3 Å². The van der Waals surface area contributed by atoms with Gasteiger partial charge < -0.3 is 14.7 Å². The van der Waals surface area contributed by atoms with Gasteiger partial charge in [0.15, 0.2) is 0 Å². The SMILES string of the molecule is CN1CCC(COc2ccc(C(=O)O)cc2)C1. The molecule has 1 aromatic rings. The Morgan fingerprint density at radius 1 is 1.47 bits per heavy atom. The summed E-state index contributed by atoms with van der Waals surface area (Å²) < 4.78 is 5.65. The van der Waals surface area contributed by atoms with Gasteiger partial charge in [-0.2, -0.15) is 0 Å². The number of rotatable bonds is 4. The summed E-state index contributed by atoms with van der Waals surface area (Å²) in [5.74, 6) is 0.415. The first-order valence-electron chi connectivity index (χ1n) is 5.80. The van der Waals surface area contributed by atoms with Crippen LogP contribution in [-0.4, -0.2) is 42.7 Å². The van der Waals surface area contributed by atoms with Crippen LogP contribution in [0.5, 0.6) is 5.75 Å². The molecule has 0 saturated carbocycles. The smallest absolute Gasteiger partial charge is 0.335 e. The van der Waals surface area contributed by atoms with E-state index in [0.29, 0.717) is 12.5 Å². The van der Waals surface area contributed by atoms with Crippen molar-refractivity contribution in [3.05, 3.63) is 29.8 Å². The van der Waals surface area contributed by atoms with Crippen LogP contribution in [0.3, 0.4) is 0 Å². The van der Waals surface area contributed by atoms with Gasteiger partial charge in [-0.15, -0.1) is 0 Å². The standard InChI is InChI=1S/C13H17NO3/c1-14-7-6-10(8-14)9-17-12-4-2-11(3-5-12)13(15)16/h2-5,10H,6-9H2,1H3,(H,15,16). The van der Waals surface area contributed by atoms with E-state index in [9.17, 15) is 4.79 Å². The molecule has 0 aromatic heterocycles. The van der Waals surface area contributed by atoms with Crippen molar-refractivity contribution in [2.24, 2.45) is 5.92 Å².